The monoisotopic (exact) mass is 245 g/mol. The van der Waals surface area contributed by atoms with Crippen LogP contribution in [0.25, 0.3) is 0 Å². The average Bonchev–Trinajstić information content (AvgIpc) is 3.01. The van der Waals surface area contributed by atoms with Gasteiger partial charge in [0, 0.05) is 11.6 Å². The minimum absolute atomic E-state index is 0.0511. The number of hydrogen-bond donors (Lipinski definition) is 1. The summed E-state index contributed by atoms with van der Waals surface area (Å²) >= 11 is 0. The maximum atomic E-state index is 12.1. The van der Waals surface area contributed by atoms with Crippen LogP contribution in [0.15, 0.2) is 24.3 Å². The zero-order valence-corrected chi connectivity index (χ0v) is 10.7. The zero-order chi connectivity index (χ0) is 12.5. The molecule has 0 aliphatic heterocycles. The quantitative estimate of drug-likeness (QED) is 0.889. The number of fused-ring (bicyclic) bond motifs is 2. The van der Waals surface area contributed by atoms with Crippen LogP contribution in [-0.4, -0.2) is 19.1 Å². The predicted molar refractivity (Wildman–Crippen MR) is 69.7 cm³/mol. The van der Waals surface area contributed by atoms with Gasteiger partial charge in [-0.05, 0) is 55.4 Å². The van der Waals surface area contributed by atoms with Gasteiger partial charge in [0.05, 0.1) is 7.11 Å². The maximum Gasteiger partial charge on any atom is 0.251 e. The van der Waals surface area contributed by atoms with Gasteiger partial charge in [-0.2, -0.15) is 0 Å². The molecule has 0 spiro atoms. The van der Waals surface area contributed by atoms with Crippen molar-refractivity contribution in [2.24, 2.45) is 11.8 Å². The fourth-order valence-electron chi connectivity index (χ4n) is 3.42. The molecule has 96 valence electrons. The molecular formula is C15H19NO2. The van der Waals surface area contributed by atoms with E-state index in [1.807, 2.05) is 24.3 Å². The standard InChI is InChI=1S/C15H19NO2/c1-18-13-6-4-11(5-7-13)15(17)16-14-9-10-2-3-12(14)8-10/h4-7,10,12,14H,2-3,8-9H2,1H3,(H,16,17)/t10-,12+,14+/m0/s1. The van der Waals surface area contributed by atoms with Crippen molar-refractivity contribution in [3.63, 3.8) is 0 Å². The Morgan fingerprint density at radius 3 is 2.56 bits per heavy atom. The molecule has 2 aliphatic rings. The molecule has 1 aromatic rings. The van der Waals surface area contributed by atoms with E-state index in [1.54, 1.807) is 7.11 Å². The van der Waals surface area contributed by atoms with E-state index in [4.69, 9.17) is 4.74 Å². The van der Waals surface area contributed by atoms with Gasteiger partial charge >= 0.3 is 0 Å². The summed E-state index contributed by atoms with van der Waals surface area (Å²) in [5, 5.41) is 3.18. The van der Waals surface area contributed by atoms with Crippen molar-refractivity contribution in [1.29, 1.82) is 0 Å². The van der Waals surface area contributed by atoms with E-state index >= 15 is 0 Å². The summed E-state index contributed by atoms with van der Waals surface area (Å²) in [5.41, 5.74) is 0.721. The van der Waals surface area contributed by atoms with Crippen LogP contribution in [-0.2, 0) is 0 Å². The molecule has 3 heteroatoms. The largest absolute Gasteiger partial charge is 0.497 e. The molecule has 2 saturated carbocycles. The molecule has 0 radical (unpaired) electrons. The van der Waals surface area contributed by atoms with Gasteiger partial charge in [0.2, 0.25) is 0 Å². The molecule has 0 aromatic heterocycles. The molecule has 3 nitrogen and oxygen atoms in total. The first kappa shape index (κ1) is 11.6. The third-order valence-corrected chi connectivity index (χ3v) is 4.41. The van der Waals surface area contributed by atoms with E-state index in [1.165, 1.54) is 25.7 Å². The summed E-state index contributed by atoms with van der Waals surface area (Å²) in [7, 11) is 1.63. The van der Waals surface area contributed by atoms with Crippen LogP contribution in [0.2, 0.25) is 0 Å². The Bertz CT molecular complexity index is 440. The Hall–Kier alpha value is -1.51. The van der Waals surface area contributed by atoms with Crippen LogP contribution >= 0.6 is 0 Å². The van der Waals surface area contributed by atoms with E-state index in [0.29, 0.717) is 6.04 Å². The average molecular weight is 245 g/mol. The van der Waals surface area contributed by atoms with E-state index < -0.39 is 0 Å². The van der Waals surface area contributed by atoms with Gasteiger partial charge < -0.3 is 10.1 Å². The summed E-state index contributed by atoms with van der Waals surface area (Å²) in [6, 6.07) is 7.70. The Kier molecular flexibility index (Phi) is 2.98. The fraction of sp³-hybridized carbons (Fsp3) is 0.533. The van der Waals surface area contributed by atoms with Crippen molar-refractivity contribution in [3.8, 4) is 5.75 Å². The molecule has 0 unspecified atom stereocenters. The smallest absolute Gasteiger partial charge is 0.251 e. The Morgan fingerprint density at radius 1 is 1.22 bits per heavy atom. The number of nitrogens with one attached hydrogen (secondary N) is 1. The molecule has 0 heterocycles. The van der Waals surface area contributed by atoms with Crippen LogP contribution in [0.1, 0.15) is 36.0 Å². The molecular weight excluding hydrogens is 226 g/mol. The molecule has 2 fully saturated rings. The topological polar surface area (TPSA) is 38.3 Å². The summed E-state index contributed by atoms with van der Waals surface area (Å²) in [6.07, 6.45) is 5.14. The molecule has 1 aromatic carbocycles. The zero-order valence-electron chi connectivity index (χ0n) is 10.7. The SMILES string of the molecule is COc1ccc(C(=O)N[C@@H]2C[C@H]3CC[C@@H]2C3)cc1. The van der Waals surface area contributed by atoms with Gasteiger partial charge in [-0.25, -0.2) is 0 Å². The van der Waals surface area contributed by atoms with Gasteiger partial charge in [0.25, 0.3) is 5.91 Å². The van der Waals surface area contributed by atoms with Crippen LogP contribution in [0.3, 0.4) is 0 Å². The van der Waals surface area contributed by atoms with Gasteiger partial charge in [-0.15, -0.1) is 0 Å². The second-order valence-electron chi connectivity index (χ2n) is 5.48. The lowest BCUT2D eigenvalue weighted by Crippen LogP contribution is -2.38. The maximum absolute atomic E-state index is 12.1. The fourth-order valence-corrected chi connectivity index (χ4v) is 3.42. The molecule has 0 saturated heterocycles. The highest BCUT2D eigenvalue weighted by molar-refractivity contribution is 5.94. The van der Waals surface area contributed by atoms with Crippen LogP contribution in [0.5, 0.6) is 5.75 Å². The van der Waals surface area contributed by atoms with Crippen molar-refractivity contribution in [1.82, 2.24) is 5.32 Å². The molecule has 2 aliphatic carbocycles. The lowest BCUT2D eigenvalue weighted by molar-refractivity contribution is 0.0923. The second kappa shape index (κ2) is 4.63. The molecule has 1 amide bonds. The number of benzene rings is 1. The highest BCUT2D eigenvalue weighted by atomic mass is 16.5. The summed E-state index contributed by atoms with van der Waals surface area (Å²) in [4.78, 5) is 12.1. The normalized spacial score (nSPS) is 29.3. The Labute approximate surface area is 108 Å². The lowest BCUT2D eigenvalue weighted by atomic mass is 9.95. The van der Waals surface area contributed by atoms with Crippen LogP contribution in [0.4, 0.5) is 0 Å². The molecule has 3 atom stereocenters. The number of ether oxygens (including phenoxy) is 1. The Balaban J connectivity index is 1.64. The minimum Gasteiger partial charge on any atom is -0.497 e. The third-order valence-electron chi connectivity index (χ3n) is 4.41. The lowest BCUT2D eigenvalue weighted by Gasteiger charge is -2.22. The van der Waals surface area contributed by atoms with Gasteiger partial charge in [-0.1, -0.05) is 6.42 Å². The molecule has 3 rings (SSSR count). The number of hydrogen-bond acceptors (Lipinski definition) is 2. The summed E-state index contributed by atoms with van der Waals surface area (Å²) in [5.74, 6) is 2.41. The number of carbonyl (C=O) groups excluding carboxylic acids is 1. The van der Waals surface area contributed by atoms with Crippen molar-refractivity contribution < 1.29 is 9.53 Å². The van der Waals surface area contributed by atoms with Crippen molar-refractivity contribution in [2.75, 3.05) is 7.11 Å². The van der Waals surface area contributed by atoms with E-state index in [2.05, 4.69) is 5.32 Å². The summed E-state index contributed by atoms with van der Waals surface area (Å²) < 4.78 is 5.09. The second-order valence-corrected chi connectivity index (χ2v) is 5.48. The van der Waals surface area contributed by atoms with Gasteiger partial charge in [0.1, 0.15) is 5.75 Å². The molecule has 2 bridgehead atoms. The minimum atomic E-state index is 0.0511. The van der Waals surface area contributed by atoms with Crippen molar-refractivity contribution in [2.45, 2.75) is 31.7 Å². The van der Waals surface area contributed by atoms with Gasteiger partial charge in [0.15, 0.2) is 0 Å². The number of methoxy groups -OCH3 is 1. The number of carbonyl (C=O) groups is 1. The highest BCUT2D eigenvalue weighted by Crippen LogP contribution is 2.44. The van der Waals surface area contributed by atoms with Crippen molar-refractivity contribution >= 4 is 5.91 Å². The first-order valence-electron chi connectivity index (χ1n) is 6.71. The summed E-state index contributed by atoms with van der Waals surface area (Å²) in [6.45, 7) is 0. The van der Waals surface area contributed by atoms with Crippen molar-refractivity contribution in [3.05, 3.63) is 29.8 Å². The molecule has 18 heavy (non-hydrogen) atoms. The van der Waals surface area contributed by atoms with E-state index in [9.17, 15) is 4.79 Å². The van der Waals surface area contributed by atoms with Crippen LogP contribution in [0, 0.1) is 11.8 Å². The number of amides is 1. The first-order chi connectivity index (χ1) is 8.76. The van der Waals surface area contributed by atoms with Crippen LogP contribution < -0.4 is 10.1 Å². The highest BCUT2D eigenvalue weighted by Gasteiger charge is 2.40. The number of rotatable bonds is 3. The van der Waals surface area contributed by atoms with Gasteiger partial charge in [-0.3, -0.25) is 4.79 Å². The predicted octanol–water partition coefficient (Wildman–Crippen LogP) is 2.61. The Morgan fingerprint density at radius 2 is 2.00 bits per heavy atom. The third kappa shape index (κ3) is 2.09. The first-order valence-corrected chi connectivity index (χ1v) is 6.71. The van der Waals surface area contributed by atoms with E-state index in [-0.39, 0.29) is 5.91 Å². The van der Waals surface area contributed by atoms with E-state index in [0.717, 1.165) is 23.1 Å². The molecule has 1 N–H and O–H groups in total.